The predicted octanol–water partition coefficient (Wildman–Crippen LogP) is 4.06. The first kappa shape index (κ1) is 14.7. The van der Waals surface area contributed by atoms with Crippen molar-refractivity contribution in [1.29, 1.82) is 0 Å². The van der Waals surface area contributed by atoms with E-state index in [-0.39, 0.29) is 5.91 Å². The summed E-state index contributed by atoms with van der Waals surface area (Å²) in [6, 6.07) is 6.16. The Bertz CT molecular complexity index is 617. The van der Waals surface area contributed by atoms with Gasteiger partial charge in [-0.25, -0.2) is 4.98 Å². The highest BCUT2D eigenvalue weighted by Gasteiger charge is 2.10. The molecule has 0 atom stereocenters. The van der Waals surface area contributed by atoms with E-state index in [2.05, 4.69) is 37.1 Å². The van der Waals surface area contributed by atoms with Crippen LogP contribution in [0.5, 0.6) is 0 Å². The summed E-state index contributed by atoms with van der Waals surface area (Å²) in [5, 5.41) is 5.56. The standard InChI is InChI=1S/C16H20N2OS/c1-10(2)14-9-20-16(17-14)18-15(19)8-13-6-5-11(3)7-12(13)4/h5-7,9-10H,8H2,1-4H3,(H,17,18,19). The van der Waals surface area contributed by atoms with Gasteiger partial charge in [0, 0.05) is 5.38 Å². The second-order valence-electron chi connectivity index (χ2n) is 5.39. The molecule has 3 nitrogen and oxygen atoms in total. The van der Waals surface area contributed by atoms with E-state index in [1.807, 2.05) is 24.4 Å². The van der Waals surface area contributed by atoms with Crippen molar-refractivity contribution in [3.05, 3.63) is 46.0 Å². The molecule has 0 aliphatic carbocycles. The van der Waals surface area contributed by atoms with Gasteiger partial charge < -0.3 is 5.32 Å². The van der Waals surface area contributed by atoms with Crippen molar-refractivity contribution in [1.82, 2.24) is 4.98 Å². The highest BCUT2D eigenvalue weighted by atomic mass is 32.1. The Morgan fingerprint density at radius 2 is 2.10 bits per heavy atom. The Hall–Kier alpha value is -1.68. The lowest BCUT2D eigenvalue weighted by Crippen LogP contribution is -2.15. The number of benzene rings is 1. The number of hydrogen-bond acceptors (Lipinski definition) is 3. The van der Waals surface area contributed by atoms with Crippen LogP contribution >= 0.6 is 11.3 Å². The summed E-state index contributed by atoms with van der Waals surface area (Å²) < 4.78 is 0. The van der Waals surface area contributed by atoms with Gasteiger partial charge in [0.05, 0.1) is 12.1 Å². The zero-order valence-electron chi connectivity index (χ0n) is 12.4. The smallest absolute Gasteiger partial charge is 0.230 e. The molecule has 1 amide bonds. The van der Waals surface area contributed by atoms with Gasteiger partial charge in [0.15, 0.2) is 5.13 Å². The number of carbonyl (C=O) groups is 1. The molecule has 106 valence electrons. The molecule has 1 N–H and O–H groups in total. The van der Waals surface area contributed by atoms with Gasteiger partial charge in [0.2, 0.25) is 5.91 Å². The van der Waals surface area contributed by atoms with Crippen LogP contribution in [0, 0.1) is 13.8 Å². The Labute approximate surface area is 124 Å². The van der Waals surface area contributed by atoms with Crippen LogP contribution in [0.15, 0.2) is 23.6 Å². The molecule has 2 rings (SSSR count). The fourth-order valence-corrected chi connectivity index (χ4v) is 2.88. The molecule has 0 saturated carbocycles. The minimum absolute atomic E-state index is 0.0124. The van der Waals surface area contributed by atoms with E-state index >= 15 is 0 Å². The van der Waals surface area contributed by atoms with E-state index in [4.69, 9.17) is 0 Å². The third-order valence-electron chi connectivity index (χ3n) is 3.21. The molecule has 0 spiro atoms. The Kier molecular flexibility index (Phi) is 4.55. The van der Waals surface area contributed by atoms with E-state index < -0.39 is 0 Å². The number of aromatic nitrogens is 1. The first-order chi connectivity index (χ1) is 9.45. The van der Waals surface area contributed by atoms with Crippen molar-refractivity contribution in [3.8, 4) is 0 Å². The average Bonchev–Trinajstić information content (AvgIpc) is 2.81. The van der Waals surface area contributed by atoms with Crippen LogP contribution < -0.4 is 5.32 Å². The highest BCUT2D eigenvalue weighted by molar-refractivity contribution is 7.13. The zero-order chi connectivity index (χ0) is 14.7. The molecule has 0 radical (unpaired) electrons. The lowest BCUT2D eigenvalue weighted by Gasteiger charge is -2.06. The van der Waals surface area contributed by atoms with E-state index in [1.165, 1.54) is 16.9 Å². The molecule has 0 fully saturated rings. The number of amides is 1. The van der Waals surface area contributed by atoms with Crippen LogP contribution in [0.4, 0.5) is 5.13 Å². The molecular weight excluding hydrogens is 268 g/mol. The van der Waals surface area contributed by atoms with Gasteiger partial charge in [-0.05, 0) is 30.9 Å². The van der Waals surface area contributed by atoms with Crippen molar-refractivity contribution >= 4 is 22.4 Å². The maximum absolute atomic E-state index is 12.1. The summed E-state index contributed by atoms with van der Waals surface area (Å²) in [4.78, 5) is 16.5. The lowest BCUT2D eigenvalue weighted by molar-refractivity contribution is -0.115. The molecule has 0 aliphatic rings. The Morgan fingerprint density at radius 3 is 2.70 bits per heavy atom. The summed E-state index contributed by atoms with van der Waals surface area (Å²) in [6.45, 7) is 8.28. The summed E-state index contributed by atoms with van der Waals surface area (Å²) in [5.74, 6) is 0.373. The van der Waals surface area contributed by atoms with Gasteiger partial charge in [-0.15, -0.1) is 11.3 Å². The largest absolute Gasteiger partial charge is 0.302 e. The molecule has 0 saturated heterocycles. The van der Waals surface area contributed by atoms with Crippen LogP contribution in [0.25, 0.3) is 0 Å². The molecular formula is C16H20N2OS. The molecule has 4 heteroatoms. The van der Waals surface area contributed by atoms with E-state index in [0.717, 1.165) is 16.8 Å². The number of carbonyl (C=O) groups excluding carboxylic acids is 1. The SMILES string of the molecule is Cc1ccc(CC(=O)Nc2nc(C(C)C)cs2)c(C)c1. The van der Waals surface area contributed by atoms with E-state index in [0.29, 0.717) is 17.5 Å². The predicted molar refractivity (Wildman–Crippen MR) is 84.5 cm³/mol. The first-order valence-corrected chi connectivity index (χ1v) is 7.65. The van der Waals surface area contributed by atoms with Crippen LogP contribution in [-0.2, 0) is 11.2 Å². The van der Waals surface area contributed by atoms with Crippen molar-refractivity contribution in [2.45, 2.75) is 40.0 Å². The van der Waals surface area contributed by atoms with Crippen LogP contribution in [-0.4, -0.2) is 10.9 Å². The van der Waals surface area contributed by atoms with Crippen molar-refractivity contribution in [2.24, 2.45) is 0 Å². The average molecular weight is 288 g/mol. The fraction of sp³-hybridized carbons (Fsp3) is 0.375. The molecule has 2 aromatic rings. The second-order valence-corrected chi connectivity index (χ2v) is 6.25. The maximum Gasteiger partial charge on any atom is 0.230 e. The summed E-state index contributed by atoms with van der Waals surface area (Å²) in [6.07, 6.45) is 0.392. The summed E-state index contributed by atoms with van der Waals surface area (Å²) >= 11 is 1.48. The molecule has 0 unspecified atom stereocenters. The highest BCUT2D eigenvalue weighted by Crippen LogP contribution is 2.21. The summed E-state index contributed by atoms with van der Waals surface area (Å²) in [5.41, 5.74) is 4.46. The van der Waals surface area contributed by atoms with Crippen LogP contribution in [0.3, 0.4) is 0 Å². The Morgan fingerprint density at radius 1 is 1.35 bits per heavy atom. The van der Waals surface area contributed by atoms with Gasteiger partial charge in [0.1, 0.15) is 0 Å². The molecule has 1 heterocycles. The fourth-order valence-electron chi connectivity index (χ4n) is 1.99. The number of aryl methyl sites for hydroxylation is 2. The molecule has 0 aliphatic heterocycles. The third-order valence-corrected chi connectivity index (χ3v) is 3.98. The summed E-state index contributed by atoms with van der Waals surface area (Å²) in [7, 11) is 0. The molecule has 20 heavy (non-hydrogen) atoms. The third kappa shape index (κ3) is 3.67. The van der Waals surface area contributed by atoms with Gasteiger partial charge >= 0.3 is 0 Å². The van der Waals surface area contributed by atoms with Crippen molar-refractivity contribution in [2.75, 3.05) is 5.32 Å². The van der Waals surface area contributed by atoms with Gasteiger partial charge in [-0.2, -0.15) is 0 Å². The van der Waals surface area contributed by atoms with Gasteiger partial charge in [-0.3, -0.25) is 4.79 Å². The second kappa shape index (κ2) is 6.18. The van der Waals surface area contributed by atoms with Gasteiger partial charge in [0.25, 0.3) is 0 Å². The number of nitrogens with zero attached hydrogens (tertiary/aromatic N) is 1. The first-order valence-electron chi connectivity index (χ1n) is 6.77. The zero-order valence-corrected chi connectivity index (χ0v) is 13.2. The number of anilines is 1. The lowest BCUT2D eigenvalue weighted by atomic mass is 10.0. The van der Waals surface area contributed by atoms with Crippen molar-refractivity contribution < 1.29 is 4.79 Å². The topological polar surface area (TPSA) is 42.0 Å². The minimum Gasteiger partial charge on any atom is -0.302 e. The molecule has 1 aromatic heterocycles. The van der Waals surface area contributed by atoms with E-state index in [1.54, 1.807) is 0 Å². The number of thiazole rings is 1. The van der Waals surface area contributed by atoms with Gasteiger partial charge in [-0.1, -0.05) is 37.6 Å². The molecule has 1 aromatic carbocycles. The van der Waals surface area contributed by atoms with E-state index in [9.17, 15) is 4.79 Å². The normalized spacial score (nSPS) is 10.8. The quantitative estimate of drug-likeness (QED) is 0.921. The number of hydrogen-bond donors (Lipinski definition) is 1. The molecule has 0 bridgehead atoms. The van der Waals surface area contributed by atoms with Crippen molar-refractivity contribution in [3.63, 3.8) is 0 Å². The minimum atomic E-state index is -0.0124. The maximum atomic E-state index is 12.1. The van der Waals surface area contributed by atoms with Crippen LogP contribution in [0.2, 0.25) is 0 Å². The monoisotopic (exact) mass is 288 g/mol. The number of rotatable bonds is 4. The number of nitrogens with one attached hydrogen (secondary N) is 1. The van der Waals surface area contributed by atoms with Crippen LogP contribution in [0.1, 0.15) is 42.1 Å². The Balaban J connectivity index is 2.01.